The summed E-state index contributed by atoms with van der Waals surface area (Å²) in [6, 6.07) is 11.7. The van der Waals surface area contributed by atoms with Crippen LogP contribution in [0.2, 0.25) is 0 Å². The summed E-state index contributed by atoms with van der Waals surface area (Å²) < 4.78 is 28.0. The van der Waals surface area contributed by atoms with Crippen LogP contribution in [0.15, 0.2) is 59.8 Å². The first kappa shape index (κ1) is 11.6. The van der Waals surface area contributed by atoms with Crippen molar-refractivity contribution in [3.8, 4) is 0 Å². The lowest BCUT2D eigenvalue weighted by atomic mass is 10.3. The third-order valence-corrected chi connectivity index (χ3v) is 3.09. The molecule has 0 fully saturated rings. The summed E-state index contributed by atoms with van der Waals surface area (Å²) in [5.74, 6) is 0. The number of pyridine rings is 1. The highest BCUT2D eigenvalue weighted by molar-refractivity contribution is 7.86. The lowest BCUT2D eigenvalue weighted by Gasteiger charge is -2.06. The molecule has 0 spiro atoms. The lowest BCUT2D eigenvalue weighted by molar-refractivity contribution is 0.390. The first-order valence-corrected chi connectivity index (χ1v) is 6.24. The van der Waals surface area contributed by atoms with Crippen LogP contribution in [-0.4, -0.2) is 13.4 Å². The van der Waals surface area contributed by atoms with Gasteiger partial charge < -0.3 is 0 Å². The van der Waals surface area contributed by atoms with E-state index in [1.54, 1.807) is 24.3 Å². The van der Waals surface area contributed by atoms with Gasteiger partial charge in [-0.3, -0.25) is 4.98 Å². The molecule has 1 N–H and O–H groups in total. The van der Waals surface area contributed by atoms with Crippen molar-refractivity contribution in [2.45, 2.75) is 4.90 Å². The number of hydrogen-bond acceptors (Lipinski definition) is 5. The molecule has 0 aliphatic heterocycles. The second-order valence-electron chi connectivity index (χ2n) is 3.19. The molecule has 0 aliphatic rings. The summed E-state index contributed by atoms with van der Waals surface area (Å²) in [6.45, 7) is 0. The van der Waals surface area contributed by atoms with E-state index in [1.165, 1.54) is 24.5 Å². The van der Waals surface area contributed by atoms with E-state index in [1.807, 2.05) is 6.07 Å². The maximum atomic E-state index is 11.7. The Bertz CT molecular complexity index is 570. The summed E-state index contributed by atoms with van der Waals surface area (Å²) in [4.78, 5) is 3.72. The minimum atomic E-state index is -3.83. The van der Waals surface area contributed by atoms with Gasteiger partial charge in [-0.2, -0.15) is 8.42 Å². The van der Waals surface area contributed by atoms with E-state index in [0.717, 1.165) is 0 Å². The molecule has 0 atom stereocenters. The highest BCUT2D eigenvalue weighted by atomic mass is 32.2. The van der Waals surface area contributed by atoms with Gasteiger partial charge in [0.25, 0.3) is 0 Å². The lowest BCUT2D eigenvalue weighted by Crippen LogP contribution is -2.11. The SMILES string of the molecule is O=S(=O)(ONc1ccccc1)c1cccnc1. The molecule has 17 heavy (non-hydrogen) atoms. The van der Waals surface area contributed by atoms with Gasteiger partial charge in [-0.25, -0.2) is 5.48 Å². The Labute approximate surface area is 99.2 Å². The number of aromatic nitrogens is 1. The third-order valence-electron chi connectivity index (χ3n) is 1.97. The molecule has 0 saturated heterocycles. The zero-order chi connectivity index (χ0) is 12.1. The third kappa shape index (κ3) is 3.02. The molecule has 0 unspecified atom stereocenters. The number of para-hydroxylation sites is 1. The summed E-state index contributed by atoms with van der Waals surface area (Å²) in [5.41, 5.74) is 2.92. The zero-order valence-electron chi connectivity index (χ0n) is 8.78. The minimum Gasteiger partial charge on any atom is -0.263 e. The van der Waals surface area contributed by atoms with Crippen LogP contribution in [0.4, 0.5) is 5.69 Å². The molecule has 1 heterocycles. The van der Waals surface area contributed by atoms with Crippen molar-refractivity contribution in [3.63, 3.8) is 0 Å². The Morgan fingerprint density at radius 2 is 1.82 bits per heavy atom. The largest absolute Gasteiger partial charge is 0.319 e. The topological polar surface area (TPSA) is 68.3 Å². The van der Waals surface area contributed by atoms with E-state index in [4.69, 9.17) is 0 Å². The fraction of sp³-hybridized carbons (Fsp3) is 0. The standard InChI is InChI=1S/C11H10N2O3S/c14-17(15,11-7-4-8-12-9-11)16-13-10-5-2-1-3-6-10/h1-9,13H. The van der Waals surface area contributed by atoms with Gasteiger partial charge in [-0.05, 0) is 24.3 Å². The average Bonchev–Trinajstić information content (AvgIpc) is 2.39. The number of hydrogen-bond donors (Lipinski definition) is 1. The minimum absolute atomic E-state index is 0.00318. The Morgan fingerprint density at radius 1 is 1.06 bits per heavy atom. The van der Waals surface area contributed by atoms with Crippen molar-refractivity contribution in [3.05, 3.63) is 54.9 Å². The van der Waals surface area contributed by atoms with Gasteiger partial charge >= 0.3 is 10.1 Å². The molecule has 0 radical (unpaired) electrons. The maximum absolute atomic E-state index is 11.7. The highest BCUT2D eigenvalue weighted by Crippen LogP contribution is 2.12. The Morgan fingerprint density at radius 3 is 2.47 bits per heavy atom. The number of anilines is 1. The highest BCUT2D eigenvalue weighted by Gasteiger charge is 2.15. The van der Waals surface area contributed by atoms with Crippen molar-refractivity contribution in [1.82, 2.24) is 4.98 Å². The molecule has 0 bridgehead atoms. The molecule has 1 aromatic carbocycles. The van der Waals surface area contributed by atoms with E-state index in [0.29, 0.717) is 5.69 Å². The van der Waals surface area contributed by atoms with Crippen LogP contribution >= 0.6 is 0 Å². The monoisotopic (exact) mass is 250 g/mol. The molecule has 6 heteroatoms. The maximum Gasteiger partial charge on any atom is 0.319 e. The molecule has 2 rings (SSSR count). The van der Waals surface area contributed by atoms with Crippen LogP contribution in [0.25, 0.3) is 0 Å². The van der Waals surface area contributed by atoms with Crippen molar-refractivity contribution >= 4 is 15.8 Å². The van der Waals surface area contributed by atoms with Gasteiger partial charge in [-0.1, -0.05) is 18.2 Å². The molecule has 2 aromatic rings. The smallest absolute Gasteiger partial charge is 0.263 e. The number of nitrogens with zero attached hydrogens (tertiary/aromatic N) is 1. The Kier molecular flexibility index (Phi) is 3.36. The van der Waals surface area contributed by atoms with Crippen molar-refractivity contribution in [2.75, 3.05) is 5.48 Å². The van der Waals surface area contributed by atoms with E-state index in [9.17, 15) is 8.42 Å². The van der Waals surface area contributed by atoms with Crippen LogP contribution in [-0.2, 0) is 14.4 Å². The van der Waals surface area contributed by atoms with E-state index < -0.39 is 10.1 Å². The van der Waals surface area contributed by atoms with Gasteiger partial charge in [0.15, 0.2) is 0 Å². The van der Waals surface area contributed by atoms with Crippen LogP contribution in [0, 0.1) is 0 Å². The summed E-state index contributed by atoms with van der Waals surface area (Å²) in [5, 5.41) is 0. The quantitative estimate of drug-likeness (QED) is 0.838. The van der Waals surface area contributed by atoms with Gasteiger partial charge in [0.05, 0.1) is 5.69 Å². The average molecular weight is 250 g/mol. The number of nitrogens with one attached hydrogen (secondary N) is 1. The molecule has 1 aromatic heterocycles. The summed E-state index contributed by atoms with van der Waals surface area (Å²) in [7, 11) is -3.83. The van der Waals surface area contributed by atoms with Gasteiger partial charge in [0.1, 0.15) is 4.90 Å². The number of rotatable bonds is 4. The van der Waals surface area contributed by atoms with Crippen molar-refractivity contribution < 1.29 is 12.7 Å². The van der Waals surface area contributed by atoms with Crippen molar-refractivity contribution in [2.24, 2.45) is 0 Å². The molecule has 0 amide bonds. The molecular weight excluding hydrogens is 240 g/mol. The fourth-order valence-electron chi connectivity index (χ4n) is 1.15. The predicted molar refractivity (Wildman–Crippen MR) is 62.6 cm³/mol. The Hall–Kier alpha value is -1.92. The van der Waals surface area contributed by atoms with Crippen LogP contribution in [0.3, 0.4) is 0 Å². The van der Waals surface area contributed by atoms with E-state index in [-0.39, 0.29) is 4.90 Å². The fourth-order valence-corrected chi connectivity index (χ4v) is 1.89. The van der Waals surface area contributed by atoms with Crippen LogP contribution < -0.4 is 5.48 Å². The van der Waals surface area contributed by atoms with Gasteiger partial charge in [0.2, 0.25) is 0 Å². The zero-order valence-corrected chi connectivity index (χ0v) is 9.59. The molecular formula is C11H10N2O3S. The normalized spacial score (nSPS) is 11.1. The van der Waals surface area contributed by atoms with E-state index in [2.05, 4.69) is 14.7 Å². The van der Waals surface area contributed by atoms with E-state index >= 15 is 0 Å². The van der Waals surface area contributed by atoms with Gasteiger partial charge in [-0.15, -0.1) is 4.28 Å². The molecule has 0 aliphatic carbocycles. The molecule has 0 saturated carbocycles. The summed E-state index contributed by atoms with van der Waals surface area (Å²) >= 11 is 0. The first-order valence-electron chi connectivity index (χ1n) is 4.83. The second kappa shape index (κ2) is 4.94. The van der Waals surface area contributed by atoms with Crippen LogP contribution in [0.1, 0.15) is 0 Å². The number of benzene rings is 1. The Balaban J connectivity index is 2.09. The van der Waals surface area contributed by atoms with Crippen molar-refractivity contribution in [1.29, 1.82) is 0 Å². The second-order valence-corrected chi connectivity index (χ2v) is 4.74. The first-order chi connectivity index (χ1) is 8.18. The van der Waals surface area contributed by atoms with Crippen LogP contribution in [0.5, 0.6) is 0 Å². The molecule has 88 valence electrons. The predicted octanol–water partition coefficient (Wildman–Crippen LogP) is 1.81. The van der Waals surface area contributed by atoms with Gasteiger partial charge in [0, 0.05) is 12.4 Å². The molecule has 5 nitrogen and oxygen atoms in total. The summed E-state index contributed by atoms with van der Waals surface area (Å²) in [6.07, 6.45) is 2.71.